The Balaban J connectivity index is 1.78. The number of ether oxygens (including phenoxy) is 1. The number of fused-ring (bicyclic) bond motifs is 1. The van der Waals surface area contributed by atoms with Gasteiger partial charge < -0.3 is 15.0 Å². The second-order valence-corrected chi connectivity index (χ2v) is 7.48. The van der Waals surface area contributed by atoms with Gasteiger partial charge in [0.1, 0.15) is 5.69 Å². The second kappa shape index (κ2) is 7.60. The number of aromatic nitrogens is 1. The summed E-state index contributed by atoms with van der Waals surface area (Å²) in [6, 6.07) is 14.4. The van der Waals surface area contributed by atoms with Gasteiger partial charge in [-0.3, -0.25) is 4.79 Å². The molecule has 2 heterocycles. The number of hydrogen-bond acceptors (Lipinski definition) is 4. The predicted molar refractivity (Wildman–Crippen MR) is 112 cm³/mol. The lowest BCUT2D eigenvalue weighted by molar-refractivity contribution is 0.0299. The van der Waals surface area contributed by atoms with Crippen LogP contribution < -0.4 is 5.32 Å². The average Bonchev–Trinajstić information content (AvgIpc) is 2.67. The SMILES string of the molecule is Cc1cc(C)cc(Nc2cc(C(=O)N3CCOCC3)nc3ccc(C)cc23)c1. The zero-order valence-electron chi connectivity index (χ0n) is 16.6. The highest BCUT2D eigenvalue weighted by Crippen LogP contribution is 2.29. The molecule has 0 aliphatic carbocycles. The molecular weight excluding hydrogens is 350 g/mol. The first-order chi connectivity index (χ1) is 13.5. The van der Waals surface area contributed by atoms with Crippen molar-refractivity contribution < 1.29 is 9.53 Å². The Bertz CT molecular complexity index is 1020. The summed E-state index contributed by atoms with van der Waals surface area (Å²) in [7, 11) is 0. The van der Waals surface area contributed by atoms with E-state index in [1.807, 2.05) is 23.1 Å². The maximum atomic E-state index is 13.0. The van der Waals surface area contributed by atoms with Crippen LogP contribution in [0.25, 0.3) is 10.9 Å². The van der Waals surface area contributed by atoms with Crippen LogP contribution in [0.1, 0.15) is 27.2 Å². The van der Waals surface area contributed by atoms with Gasteiger partial charge in [0.2, 0.25) is 0 Å². The molecule has 1 aliphatic heterocycles. The predicted octanol–water partition coefficient (Wildman–Crippen LogP) is 4.38. The Morgan fingerprint density at radius 2 is 1.68 bits per heavy atom. The highest BCUT2D eigenvalue weighted by Gasteiger charge is 2.21. The van der Waals surface area contributed by atoms with Crippen molar-refractivity contribution in [1.82, 2.24) is 9.88 Å². The minimum absolute atomic E-state index is 0.0470. The number of anilines is 2. The third-order valence-electron chi connectivity index (χ3n) is 4.98. The molecule has 144 valence electrons. The fourth-order valence-electron chi connectivity index (χ4n) is 3.68. The summed E-state index contributed by atoms with van der Waals surface area (Å²) in [5, 5.41) is 4.53. The average molecular weight is 375 g/mol. The van der Waals surface area contributed by atoms with Gasteiger partial charge in [-0.2, -0.15) is 0 Å². The molecule has 1 amide bonds. The molecule has 1 aromatic heterocycles. The van der Waals surface area contributed by atoms with Crippen molar-refractivity contribution in [1.29, 1.82) is 0 Å². The van der Waals surface area contributed by atoms with Crippen molar-refractivity contribution in [2.45, 2.75) is 20.8 Å². The number of hydrogen-bond donors (Lipinski definition) is 1. The summed E-state index contributed by atoms with van der Waals surface area (Å²) in [6.45, 7) is 8.59. The van der Waals surface area contributed by atoms with Gasteiger partial charge in [0.25, 0.3) is 5.91 Å². The van der Waals surface area contributed by atoms with Gasteiger partial charge in [-0.05, 0) is 62.2 Å². The van der Waals surface area contributed by atoms with Crippen molar-refractivity contribution in [3.05, 3.63) is 64.8 Å². The second-order valence-electron chi connectivity index (χ2n) is 7.48. The van der Waals surface area contributed by atoms with Crippen molar-refractivity contribution in [3.63, 3.8) is 0 Å². The van der Waals surface area contributed by atoms with E-state index in [-0.39, 0.29) is 5.91 Å². The van der Waals surface area contributed by atoms with E-state index in [0.29, 0.717) is 32.0 Å². The van der Waals surface area contributed by atoms with Crippen molar-refractivity contribution >= 4 is 28.2 Å². The lowest BCUT2D eigenvalue weighted by Crippen LogP contribution is -2.41. The molecule has 2 aromatic carbocycles. The van der Waals surface area contributed by atoms with E-state index < -0.39 is 0 Å². The van der Waals surface area contributed by atoms with Crippen LogP contribution in [-0.4, -0.2) is 42.1 Å². The Hall–Kier alpha value is -2.92. The summed E-state index contributed by atoms with van der Waals surface area (Å²) in [5.74, 6) is -0.0470. The zero-order chi connectivity index (χ0) is 19.7. The normalized spacial score (nSPS) is 14.3. The number of rotatable bonds is 3. The third-order valence-corrected chi connectivity index (χ3v) is 4.98. The summed E-state index contributed by atoms with van der Waals surface area (Å²) >= 11 is 0. The molecule has 0 unspecified atom stereocenters. The molecule has 0 bridgehead atoms. The molecule has 1 aliphatic rings. The molecule has 0 atom stereocenters. The number of carbonyl (C=O) groups is 1. The number of carbonyl (C=O) groups excluding carboxylic acids is 1. The van der Waals surface area contributed by atoms with Crippen molar-refractivity contribution in [2.24, 2.45) is 0 Å². The van der Waals surface area contributed by atoms with Crippen LogP contribution in [0.3, 0.4) is 0 Å². The van der Waals surface area contributed by atoms with Crippen LogP contribution in [0, 0.1) is 20.8 Å². The molecular formula is C23H25N3O2. The first-order valence-corrected chi connectivity index (χ1v) is 9.63. The van der Waals surface area contributed by atoms with Gasteiger partial charge in [-0.1, -0.05) is 17.7 Å². The third kappa shape index (κ3) is 3.85. The maximum Gasteiger partial charge on any atom is 0.272 e. The van der Waals surface area contributed by atoms with E-state index >= 15 is 0 Å². The van der Waals surface area contributed by atoms with Crippen molar-refractivity contribution in [3.8, 4) is 0 Å². The zero-order valence-corrected chi connectivity index (χ0v) is 16.6. The molecule has 1 saturated heterocycles. The van der Waals surface area contributed by atoms with E-state index in [0.717, 1.165) is 27.8 Å². The summed E-state index contributed by atoms with van der Waals surface area (Å²) in [5.41, 5.74) is 6.74. The quantitative estimate of drug-likeness (QED) is 0.738. The van der Waals surface area contributed by atoms with E-state index in [9.17, 15) is 4.79 Å². The standard InChI is InChI=1S/C23H25N3O2/c1-15-4-5-20-19(13-15)21(24-18-11-16(2)10-17(3)12-18)14-22(25-20)23(27)26-6-8-28-9-7-26/h4-5,10-14H,6-9H2,1-3H3,(H,24,25). The summed E-state index contributed by atoms with van der Waals surface area (Å²) in [6.07, 6.45) is 0. The Labute approximate surface area is 165 Å². The minimum atomic E-state index is -0.0470. The fraction of sp³-hybridized carbons (Fsp3) is 0.304. The smallest absolute Gasteiger partial charge is 0.272 e. The molecule has 28 heavy (non-hydrogen) atoms. The molecule has 1 fully saturated rings. The number of amides is 1. The Morgan fingerprint density at radius 3 is 2.39 bits per heavy atom. The van der Waals surface area contributed by atoms with Crippen LogP contribution in [0.4, 0.5) is 11.4 Å². The summed E-state index contributed by atoms with van der Waals surface area (Å²) in [4.78, 5) is 19.5. The summed E-state index contributed by atoms with van der Waals surface area (Å²) < 4.78 is 5.37. The van der Waals surface area contributed by atoms with E-state index in [1.165, 1.54) is 11.1 Å². The molecule has 1 N–H and O–H groups in total. The lowest BCUT2D eigenvalue weighted by Gasteiger charge is -2.26. The van der Waals surface area contributed by atoms with E-state index in [1.54, 1.807) is 0 Å². The van der Waals surface area contributed by atoms with Crippen LogP contribution >= 0.6 is 0 Å². The number of morpholine rings is 1. The molecule has 0 spiro atoms. The van der Waals surface area contributed by atoms with E-state index in [2.05, 4.69) is 55.3 Å². The van der Waals surface area contributed by atoms with Gasteiger partial charge in [0.15, 0.2) is 0 Å². The molecule has 0 saturated carbocycles. The lowest BCUT2D eigenvalue weighted by atomic mass is 10.1. The van der Waals surface area contributed by atoms with Crippen LogP contribution in [0.15, 0.2) is 42.5 Å². The van der Waals surface area contributed by atoms with Crippen LogP contribution in [0.5, 0.6) is 0 Å². The van der Waals surface area contributed by atoms with Gasteiger partial charge >= 0.3 is 0 Å². The number of nitrogens with zero attached hydrogens (tertiary/aromatic N) is 2. The van der Waals surface area contributed by atoms with Crippen LogP contribution in [0.2, 0.25) is 0 Å². The van der Waals surface area contributed by atoms with Crippen LogP contribution in [-0.2, 0) is 4.74 Å². The molecule has 4 rings (SSSR count). The van der Waals surface area contributed by atoms with Gasteiger partial charge in [0, 0.05) is 24.2 Å². The number of benzene rings is 2. The maximum absolute atomic E-state index is 13.0. The van der Waals surface area contributed by atoms with Gasteiger partial charge in [0.05, 0.1) is 24.4 Å². The van der Waals surface area contributed by atoms with Crippen molar-refractivity contribution in [2.75, 3.05) is 31.6 Å². The molecule has 5 heteroatoms. The Morgan fingerprint density at radius 1 is 0.964 bits per heavy atom. The Kier molecular flexibility index (Phi) is 5.01. The van der Waals surface area contributed by atoms with Gasteiger partial charge in [-0.15, -0.1) is 0 Å². The monoisotopic (exact) mass is 375 g/mol. The number of pyridine rings is 1. The first kappa shape index (κ1) is 18.4. The fourth-order valence-corrected chi connectivity index (χ4v) is 3.68. The number of nitrogens with one attached hydrogen (secondary N) is 1. The van der Waals surface area contributed by atoms with Gasteiger partial charge in [-0.25, -0.2) is 4.98 Å². The highest BCUT2D eigenvalue weighted by molar-refractivity contribution is 6.00. The largest absolute Gasteiger partial charge is 0.378 e. The minimum Gasteiger partial charge on any atom is -0.378 e. The molecule has 0 radical (unpaired) electrons. The molecule has 5 nitrogen and oxygen atoms in total. The topological polar surface area (TPSA) is 54.5 Å². The number of aryl methyl sites for hydroxylation is 3. The first-order valence-electron chi connectivity index (χ1n) is 9.63. The molecule has 3 aromatic rings. The highest BCUT2D eigenvalue weighted by atomic mass is 16.5. The van der Waals surface area contributed by atoms with E-state index in [4.69, 9.17) is 4.74 Å².